The molecule has 0 saturated carbocycles. The van der Waals surface area contributed by atoms with Crippen LogP contribution in [-0.2, 0) is 10.0 Å². The number of benzene rings is 2. The number of nitrogens with one attached hydrogen (secondary N) is 1. The third kappa shape index (κ3) is 5.46. The van der Waals surface area contributed by atoms with Gasteiger partial charge in [0.15, 0.2) is 11.5 Å². The van der Waals surface area contributed by atoms with Crippen LogP contribution in [-0.4, -0.2) is 59.3 Å². The number of hydrogen-bond donors (Lipinski definition) is 1. The Morgan fingerprint density at radius 2 is 1.85 bits per heavy atom. The Kier molecular flexibility index (Phi) is 7.62. The van der Waals surface area contributed by atoms with E-state index in [9.17, 15) is 8.42 Å². The number of rotatable bonds is 7. The zero-order valence-electron chi connectivity index (χ0n) is 20.2. The first-order chi connectivity index (χ1) is 16.2. The zero-order chi connectivity index (χ0) is 24.5. The van der Waals surface area contributed by atoms with Crippen LogP contribution < -0.4 is 18.9 Å². The molecule has 0 aromatic heterocycles. The number of likely N-dealkylation sites (tertiary alicyclic amines) is 1. The SMILES string of the molecule is COc1cc(C)c(S(=O)(=O)NCC2CCN(C[C@H]3COc4ccc(Cl)cc4O3)CC2)c(C)c1C. The van der Waals surface area contributed by atoms with Crippen molar-refractivity contribution in [1.29, 1.82) is 0 Å². The average molecular weight is 509 g/mol. The van der Waals surface area contributed by atoms with Crippen molar-refractivity contribution in [2.24, 2.45) is 5.92 Å². The highest BCUT2D eigenvalue weighted by molar-refractivity contribution is 7.89. The van der Waals surface area contributed by atoms with Gasteiger partial charge in [-0.3, -0.25) is 4.90 Å². The van der Waals surface area contributed by atoms with E-state index in [1.165, 1.54) is 0 Å². The fraction of sp³-hybridized carbons (Fsp3) is 0.520. The van der Waals surface area contributed by atoms with Crippen molar-refractivity contribution in [2.45, 2.75) is 44.6 Å². The number of hydrogen-bond acceptors (Lipinski definition) is 6. The highest BCUT2D eigenvalue weighted by atomic mass is 35.5. The molecule has 0 radical (unpaired) electrons. The number of fused-ring (bicyclic) bond motifs is 1. The molecule has 2 aliphatic heterocycles. The Balaban J connectivity index is 1.29. The molecule has 1 N–H and O–H groups in total. The fourth-order valence-corrected chi connectivity index (χ4v) is 6.59. The standard InChI is InChI=1S/C25H33ClN2O5S/c1-16-11-23(31-4)17(2)18(3)25(16)34(29,30)27-13-19-7-9-28(10-8-19)14-21-15-32-22-6-5-20(26)12-24(22)33-21/h5-6,11-12,19,21,27H,7-10,13-15H2,1-4H3/t21-/m0/s1. The maximum absolute atomic E-state index is 13.1. The summed E-state index contributed by atoms with van der Waals surface area (Å²) in [4.78, 5) is 2.72. The second-order valence-electron chi connectivity index (χ2n) is 9.21. The molecule has 7 nitrogen and oxygen atoms in total. The summed E-state index contributed by atoms with van der Waals surface area (Å²) in [6.45, 7) is 9.04. The molecule has 186 valence electrons. The summed E-state index contributed by atoms with van der Waals surface area (Å²) >= 11 is 6.07. The maximum atomic E-state index is 13.1. The Labute approximate surface area is 207 Å². The monoisotopic (exact) mass is 508 g/mol. The van der Waals surface area contributed by atoms with Gasteiger partial charge in [-0.25, -0.2) is 13.1 Å². The molecule has 2 heterocycles. The number of ether oxygens (including phenoxy) is 3. The molecule has 9 heteroatoms. The smallest absolute Gasteiger partial charge is 0.241 e. The second-order valence-corrected chi connectivity index (χ2v) is 11.4. The van der Waals surface area contributed by atoms with Crippen molar-refractivity contribution >= 4 is 21.6 Å². The molecule has 1 saturated heterocycles. The quantitative estimate of drug-likeness (QED) is 0.606. The van der Waals surface area contributed by atoms with E-state index in [1.807, 2.05) is 26.8 Å². The van der Waals surface area contributed by atoms with E-state index >= 15 is 0 Å². The van der Waals surface area contributed by atoms with Crippen molar-refractivity contribution in [1.82, 2.24) is 9.62 Å². The second kappa shape index (κ2) is 10.3. The Morgan fingerprint density at radius 1 is 1.12 bits per heavy atom. The van der Waals surface area contributed by atoms with Gasteiger partial charge < -0.3 is 14.2 Å². The van der Waals surface area contributed by atoms with Gasteiger partial charge in [-0.2, -0.15) is 0 Å². The lowest BCUT2D eigenvalue weighted by atomic mass is 9.97. The van der Waals surface area contributed by atoms with Gasteiger partial charge in [0, 0.05) is 24.2 Å². The van der Waals surface area contributed by atoms with Crippen molar-refractivity contribution in [2.75, 3.05) is 39.9 Å². The van der Waals surface area contributed by atoms with Crippen LogP contribution in [0.4, 0.5) is 0 Å². The largest absolute Gasteiger partial charge is 0.496 e. The molecule has 0 bridgehead atoms. The lowest BCUT2D eigenvalue weighted by molar-refractivity contribution is 0.0481. The first-order valence-corrected chi connectivity index (χ1v) is 13.5. The minimum absolute atomic E-state index is 0.0507. The van der Waals surface area contributed by atoms with E-state index < -0.39 is 10.0 Å². The van der Waals surface area contributed by atoms with Crippen LogP contribution in [0.25, 0.3) is 0 Å². The van der Waals surface area contributed by atoms with Gasteiger partial charge >= 0.3 is 0 Å². The number of sulfonamides is 1. The van der Waals surface area contributed by atoms with Gasteiger partial charge in [0.05, 0.1) is 12.0 Å². The van der Waals surface area contributed by atoms with E-state index in [-0.39, 0.29) is 6.10 Å². The third-order valence-electron chi connectivity index (χ3n) is 6.82. The van der Waals surface area contributed by atoms with Crippen molar-refractivity contribution in [3.05, 3.63) is 46.0 Å². The molecule has 0 amide bonds. The molecule has 0 aliphatic carbocycles. The first-order valence-electron chi connectivity index (χ1n) is 11.6. The van der Waals surface area contributed by atoms with E-state index in [4.69, 9.17) is 25.8 Å². The van der Waals surface area contributed by atoms with Gasteiger partial charge in [0.2, 0.25) is 10.0 Å². The molecule has 0 unspecified atom stereocenters. The summed E-state index contributed by atoms with van der Waals surface area (Å²) in [6.07, 6.45) is 1.81. The van der Waals surface area contributed by atoms with Gasteiger partial charge in [0.25, 0.3) is 0 Å². The summed E-state index contributed by atoms with van der Waals surface area (Å²) in [5.41, 5.74) is 2.28. The first kappa shape index (κ1) is 25.1. The van der Waals surface area contributed by atoms with Crippen LogP contribution in [0.3, 0.4) is 0 Å². The molecule has 2 aromatic carbocycles. The Bertz CT molecular complexity index is 1150. The van der Waals surface area contributed by atoms with Crippen molar-refractivity contribution in [3.63, 3.8) is 0 Å². The number of nitrogens with zero attached hydrogens (tertiary/aromatic N) is 1. The lowest BCUT2D eigenvalue weighted by Gasteiger charge is -2.35. The molecule has 4 rings (SSSR count). The Hall–Kier alpha value is -2.00. The van der Waals surface area contributed by atoms with Crippen LogP contribution in [0, 0.1) is 26.7 Å². The topological polar surface area (TPSA) is 77.1 Å². The Morgan fingerprint density at radius 3 is 2.56 bits per heavy atom. The highest BCUT2D eigenvalue weighted by Crippen LogP contribution is 2.34. The fourth-order valence-electron chi connectivity index (χ4n) is 4.79. The van der Waals surface area contributed by atoms with Gasteiger partial charge in [0.1, 0.15) is 18.5 Å². The predicted molar refractivity (Wildman–Crippen MR) is 133 cm³/mol. The zero-order valence-corrected chi connectivity index (χ0v) is 21.8. The maximum Gasteiger partial charge on any atom is 0.241 e. The van der Waals surface area contributed by atoms with Gasteiger partial charge in [-0.05, 0) is 87.5 Å². The summed E-state index contributed by atoms with van der Waals surface area (Å²) in [5, 5.41) is 0.626. The minimum atomic E-state index is -3.60. The summed E-state index contributed by atoms with van der Waals surface area (Å²) < 4.78 is 46.4. The van der Waals surface area contributed by atoms with Crippen LogP contribution in [0.5, 0.6) is 17.2 Å². The predicted octanol–water partition coefficient (Wildman–Crippen LogP) is 4.10. The molecule has 2 aliphatic rings. The van der Waals surface area contributed by atoms with Crippen LogP contribution in [0.15, 0.2) is 29.2 Å². The number of aryl methyl sites for hydroxylation is 1. The van der Waals surface area contributed by atoms with Crippen LogP contribution >= 0.6 is 11.6 Å². The van der Waals surface area contributed by atoms with Gasteiger partial charge in [-0.15, -0.1) is 0 Å². The number of halogens is 1. The van der Waals surface area contributed by atoms with Crippen LogP contribution in [0.1, 0.15) is 29.5 Å². The highest BCUT2D eigenvalue weighted by Gasteiger charge is 2.28. The molecule has 0 spiro atoms. The molecule has 2 aromatic rings. The number of methoxy groups -OCH3 is 1. The summed E-state index contributed by atoms with van der Waals surface area (Å²) in [6, 6.07) is 7.20. The van der Waals surface area contributed by atoms with E-state index in [1.54, 1.807) is 25.3 Å². The molecular weight excluding hydrogens is 476 g/mol. The van der Waals surface area contributed by atoms with Crippen molar-refractivity contribution in [3.8, 4) is 17.2 Å². The van der Waals surface area contributed by atoms with Gasteiger partial charge in [-0.1, -0.05) is 11.6 Å². The molecule has 1 atom stereocenters. The lowest BCUT2D eigenvalue weighted by Crippen LogP contribution is -2.45. The number of piperidine rings is 1. The minimum Gasteiger partial charge on any atom is -0.496 e. The third-order valence-corrected chi connectivity index (χ3v) is 8.77. The summed E-state index contributed by atoms with van der Waals surface area (Å²) in [5.74, 6) is 2.42. The van der Waals surface area contributed by atoms with Crippen LogP contribution in [0.2, 0.25) is 5.02 Å². The van der Waals surface area contributed by atoms with E-state index in [2.05, 4.69) is 9.62 Å². The van der Waals surface area contributed by atoms with Crippen molar-refractivity contribution < 1.29 is 22.6 Å². The normalized spacial score (nSPS) is 19.3. The van der Waals surface area contributed by atoms with E-state index in [0.29, 0.717) is 46.1 Å². The molecule has 34 heavy (non-hydrogen) atoms. The van der Waals surface area contributed by atoms with E-state index in [0.717, 1.165) is 49.4 Å². The molecular formula is C25H33ClN2O5S. The molecule has 1 fully saturated rings. The average Bonchev–Trinajstić information content (AvgIpc) is 2.80. The summed E-state index contributed by atoms with van der Waals surface area (Å²) in [7, 11) is -2.00.